The van der Waals surface area contributed by atoms with Gasteiger partial charge in [-0.05, 0) is 67.8 Å². The second-order valence-electron chi connectivity index (χ2n) is 8.99. The second-order valence-corrected chi connectivity index (χ2v) is 10.7. The lowest BCUT2D eigenvalue weighted by Gasteiger charge is -2.17. The van der Waals surface area contributed by atoms with Gasteiger partial charge >= 0.3 is 0 Å². The summed E-state index contributed by atoms with van der Waals surface area (Å²) in [5.41, 5.74) is 7.07. The molecule has 200 valence electrons. The highest BCUT2D eigenvalue weighted by molar-refractivity contribution is 7.89. The Morgan fingerprint density at radius 1 is 1.00 bits per heavy atom. The highest BCUT2D eigenvalue weighted by Gasteiger charge is 2.25. The van der Waals surface area contributed by atoms with Crippen molar-refractivity contribution in [3.05, 3.63) is 71.1 Å². The third-order valence-corrected chi connectivity index (χ3v) is 7.73. The molecule has 0 spiro atoms. The maximum Gasteiger partial charge on any atom is 0.242 e. The van der Waals surface area contributed by atoms with E-state index >= 15 is 0 Å². The molecule has 4 rings (SSSR count). The SMILES string of the molecule is COc1cc(Cc2cc(C)nnc2B(C)c2ccc(S(=O)(=O)NC3C=C(C)ON3)cc2)cc(OC)c1OC. The van der Waals surface area contributed by atoms with Gasteiger partial charge in [-0.3, -0.25) is 0 Å². The Bertz CT molecular complexity index is 1420. The summed E-state index contributed by atoms with van der Waals surface area (Å²) in [6.07, 6.45) is 1.59. The van der Waals surface area contributed by atoms with Gasteiger partial charge in [0, 0.05) is 5.59 Å². The van der Waals surface area contributed by atoms with Crippen LogP contribution in [0.1, 0.15) is 23.7 Å². The summed E-state index contributed by atoms with van der Waals surface area (Å²) in [6.45, 7) is 5.52. The van der Waals surface area contributed by atoms with E-state index in [4.69, 9.17) is 19.0 Å². The van der Waals surface area contributed by atoms with Gasteiger partial charge in [0.1, 0.15) is 11.9 Å². The molecule has 2 heterocycles. The second kappa shape index (κ2) is 11.4. The van der Waals surface area contributed by atoms with Gasteiger partial charge in [0.25, 0.3) is 0 Å². The van der Waals surface area contributed by atoms with E-state index in [1.54, 1.807) is 58.6 Å². The number of ether oxygens (including phenoxy) is 3. The van der Waals surface area contributed by atoms with Gasteiger partial charge < -0.3 is 19.0 Å². The number of hydrogen-bond acceptors (Lipinski definition) is 9. The molecule has 2 aromatic carbocycles. The van der Waals surface area contributed by atoms with Crippen molar-refractivity contribution in [3.63, 3.8) is 0 Å². The van der Waals surface area contributed by atoms with Crippen molar-refractivity contribution in [2.45, 2.75) is 38.2 Å². The minimum Gasteiger partial charge on any atom is -0.493 e. The largest absolute Gasteiger partial charge is 0.493 e. The maximum atomic E-state index is 12.8. The Morgan fingerprint density at radius 3 is 2.21 bits per heavy atom. The van der Waals surface area contributed by atoms with Crippen LogP contribution in [0.15, 0.2) is 59.2 Å². The molecule has 1 aliphatic heterocycles. The van der Waals surface area contributed by atoms with Crippen LogP contribution < -0.4 is 35.5 Å². The van der Waals surface area contributed by atoms with Gasteiger partial charge in [0.05, 0.1) is 31.9 Å². The van der Waals surface area contributed by atoms with Crippen LogP contribution in [-0.2, 0) is 21.3 Å². The molecule has 0 saturated carbocycles. The Kier molecular flexibility index (Phi) is 8.24. The number of aryl methyl sites for hydroxylation is 1. The minimum absolute atomic E-state index is 0.139. The van der Waals surface area contributed by atoms with Crippen LogP contribution in [0.4, 0.5) is 0 Å². The summed E-state index contributed by atoms with van der Waals surface area (Å²) in [5.74, 6) is 2.28. The van der Waals surface area contributed by atoms with Crippen molar-refractivity contribution >= 4 is 27.8 Å². The number of allylic oxidation sites excluding steroid dienone is 1. The van der Waals surface area contributed by atoms with E-state index < -0.39 is 16.2 Å². The molecule has 38 heavy (non-hydrogen) atoms. The molecular formula is C26H31BN4O6S. The summed E-state index contributed by atoms with van der Waals surface area (Å²) in [7, 11) is 0.994. The standard InChI is InChI=1S/C26H31BN4O6S/c1-16-11-19(13-18-14-22(34-4)25(36-6)23(15-18)35-5)26(29-28-16)27(3)20-7-9-21(10-8-20)38(32,33)31-24-12-17(2)37-30-24/h7-12,14-15,24,30-31H,13H2,1-6H3. The number of methoxy groups -OCH3 is 3. The normalized spacial score (nSPS) is 15.0. The fraction of sp³-hybridized carbons (Fsp3) is 0.308. The van der Waals surface area contributed by atoms with E-state index in [1.807, 2.05) is 31.9 Å². The molecule has 10 nitrogen and oxygen atoms in total. The van der Waals surface area contributed by atoms with Gasteiger partial charge in [0.15, 0.2) is 11.5 Å². The van der Waals surface area contributed by atoms with Gasteiger partial charge in [-0.15, -0.1) is 5.48 Å². The minimum atomic E-state index is -3.75. The zero-order valence-electron chi connectivity index (χ0n) is 22.2. The Morgan fingerprint density at radius 2 is 1.66 bits per heavy atom. The molecule has 0 fully saturated rings. The smallest absolute Gasteiger partial charge is 0.242 e. The van der Waals surface area contributed by atoms with E-state index in [9.17, 15) is 8.42 Å². The first-order valence-corrected chi connectivity index (χ1v) is 13.5. The van der Waals surface area contributed by atoms with Crippen molar-refractivity contribution in [1.82, 2.24) is 20.4 Å². The molecule has 3 aromatic rings. The van der Waals surface area contributed by atoms with E-state index in [0.29, 0.717) is 29.4 Å². The number of hydrogen-bond donors (Lipinski definition) is 2. The average molecular weight is 538 g/mol. The molecule has 1 aliphatic rings. The van der Waals surface area contributed by atoms with Crippen LogP contribution in [0.2, 0.25) is 6.82 Å². The number of nitrogens with zero attached hydrogens (tertiary/aromatic N) is 2. The van der Waals surface area contributed by atoms with Gasteiger partial charge in [-0.25, -0.2) is 8.42 Å². The molecule has 1 atom stereocenters. The van der Waals surface area contributed by atoms with Crippen molar-refractivity contribution in [1.29, 1.82) is 0 Å². The van der Waals surface area contributed by atoms with Crippen LogP contribution in [0.3, 0.4) is 0 Å². The monoisotopic (exact) mass is 538 g/mol. The number of nitrogens with one attached hydrogen (secondary N) is 2. The lowest BCUT2D eigenvalue weighted by Crippen LogP contribution is -2.44. The van der Waals surface area contributed by atoms with Crippen molar-refractivity contribution in [2.24, 2.45) is 0 Å². The lowest BCUT2D eigenvalue weighted by atomic mass is 9.43. The number of aromatic nitrogens is 2. The zero-order valence-corrected chi connectivity index (χ0v) is 23.0. The molecule has 0 bridgehead atoms. The summed E-state index contributed by atoms with van der Waals surface area (Å²) in [4.78, 5) is 5.25. The molecule has 2 N–H and O–H groups in total. The maximum absolute atomic E-state index is 12.8. The average Bonchev–Trinajstić information content (AvgIpc) is 3.31. The summed E-state index contributed by atoms with van der Waals surface area (Å²) in [5, 5.41) is 8.81. The fourth-order valence-corrected chi connectivity index (χ4v) is 5.44. The molecule has 0 saturated heterocycles. The zero-order chi connectivity index (χ0) is 27.4. The Labute approximate surface area is 223 Å². The summed E-state index contributed by atoms with van der Waals surface area (Å²) < 4.78 is 44.6. The summed E-state index contributed by atoms with van der Waals surface area (Å²) >= 11 is 0. The molecule has 12 heteroatoms. The van der Waals surface area contributed by atoms with Crippen molar-refractivity contribution in [2.75, 3.05) is 21.3 Å². The van der Waals surface area contributed by atoms with Gasteiger partial charge in [-0.1, -0.05) is 24.4 Å². The number of hydroxylamine groups is 1. The third-order valence-electron chi connectivity index (χ3n) is 6.28. The van der Waals surface area contributed by atoms with Crippen molar-refractivity contribution < 1.29 is 27.5 Å². The third kappa shape index (κ3) is 5.93. The first-order valence-electron chi connectivity index (χ1n) is 12.0. The van der Waals surface area contributed by atoms with Gasteiger partial charge in [0.2, 0.25) is 22.5 Å². The first kappa shape index (κ1) is 27.4. The van der Waals surface area contributed by atoms with Crippen LogP contribution in [0.5, 0.6) is 17.2 Å². The highest BCUT2D eigenvalue weighted by Crippen LogP contribution is 2.38. The molecule has 1 unspecified atom stereocenters. The quantitative estimate of drug-likeness (QED) is 0.372. The first-order chi connectivity index (χ1) is 18.1. The Balaban J connectivity index is 1.60. The molecule has 0 amide bonds. The van der Waals surface area contributed by atoms with E-state index in [-0.39, 0.29) is 11.6 Å². The van der Waals surface area contributed by atoms with E-state index in [1.165, 1.54) is 0 Å². The lowest BCUT2D eigenvalue weighted by molar-refractivity contribution is 0.115. The molecule has 0 aliphatic carbocycles. The fourth-order valence-electron chi connectivity index (χ4n) is 4.36. The van der Waals surface area contributed by atoms with Gasteiger partial charge in [-0.2, -0.15) is 14.9 Å². The topological polar surface area (TPSA) is 121 Å². The molecule has 1 aromatic heterocycles. The predicted molar refractivity (Wildman–Crippen MR) is 145 cm³/mol. The van der Waals surface area contributed by atoms with E-state index in [0.717, 1.165) is 27.9 Å². The molecular weight excluding hydrogens is 507 g/mol. The predicted octanol–water partition coefficient (Wildman–Crippen LogP) is 1.68. The van der Waals surface area contributed by atoms with Crippen molar-refractivity contribution in [3.8, 4) is 17.2 Å². The number of rotatable bonds is 10. The van der Waals surface area contributed by atoms with Crippen LogP contribution in [-0.4, -0.2) is 52.8 Å². The van der Waals surface area contributed by atoms with E-state index in [2.05, 4.69) is 20.4 Å². The van der Waals surface area contributed by atoms with Crippen LogP contribution in [0.25, 0.3) is 0 Å². The number of benzene rings is 2. The summed E-state index contributed by atoms with van der Waals surface area (Å²) in [6, 6.07) is 12.6. The molecule has 0 radical (unpaired) electrons. The highest BCUT2D eigenvalue weighted by atomic mass is 32.2. The number of sulfonamides is 1. The Hall–Kier alpha value is -3.61. The van der Waals surface area contributed by atoms with Crippen LogP contribution >= 0.6 is 0 Å². The van der Waals surface area contributed by atoms with Crippen LogP contribution in [0, 0.1) is 6.92 Å².